The van der Waals surface area contributed by atoms with Crippen LogP contribution in [0, 0.1) is 0 Å². The molecule has 6 heteroatoms. The number of aryl methyl sites for hydroxylation is 1. The summed E-state index contributed by atoms with van der Waals surface area (Å²) in [5, 5.41) is 11.7. The Labute approximate surface area is 113 Å². The van der Waals surface area contributed by atoms with E-state index in [1.54, 1.807) is 5.51 Å². The molecular weight excluding hydrogens is 262 g/mol. The smallest absolute Gasteiger partial charge is 0.226 e. The molecule has 96 valence electrons. The van der Waals surface area contributed by atoms with E-state index in [-0.39, 0.29) is 5.91 Å². The first kappa shape index (κ1) is 11.9. The van der Waals surface area contributed by atoms with E-state index in [1.165, 1.54) is 11.3 Å². The van der Waals surface area contributed by atoms with Crippen LogP contribution in [0.25, 0.3) is 11.0 Å². The number of hydrogen-bond acceptors (Lipinski definition) is 5. The molecule has 5 nitrogen and oxygen atoms in total. The second-order valence-corrected chi connectivity index (χ2v) is 4.88. The predicted octanol–water partition coefficient (Wildman–Crippen LogP) is 2.86. The van der Waals surface area contributed by atoms with Gasteiger partial charge in [0.2, 0.25) is 11.0 Å². The number of hydrogen-bond donors (Lipinski definition) is 1. The quantitative estimate of drug-likeness (QED) is 0.793. The van der Waals surface area contributed by atoms with Crippen LogP contribution >= 0.6 is 11.3 Å². The molecule has 19 heavy (non-hydrogen) atoms. The van der Waals surface area contributed by atoms with Crippen LogP contribution < -0.4 is 5.32 Å². The maximum atomic E-state index is 11.7. The van der Waals surface area contributed by atoms with Gasteiger partial charge in [0.25, 0.3) is 0 Å². The van der Waals surface area contributed by atoms with Gasteiger partial charge in [-0.05, 0) is 12.1 Å². The van der Waals surface area contributed by atoms with E-state index < -0.39 is 0 Å². The molecule has 3 rings (SSSR count). The fourth-order valence-corrected chi connectivity index (χ4v) is 2.27. The Bertz CT molecular complexity index is 658. The minimum Gasteiger partial charge on any atom is -0.461 e. The average molecular weight is 273 g/mol. The van der Waals surface area contributed by atoms with Gasteiger partial charge in [0.05, 0.1) is 0 Å². The lowest BCUT2D eigenvalue weighted by molar-refractivity contribution is -0.116. The first-order valence-corrected chi connectivity index (χ1v) is 6.73. The second-order valence-electron chi connectivity index (χ2n) is 4.04. The standard InChI is InChI=1S/C13H11N3O2S/c17-12(15-13-16-14-8-19-13)6-5-10-7-9-3-1-2-4-11(9)18-10/h1-4,7-8H,5-6H2,(H,15,16,17). The summed E-state index contributed by atoms with van der Waals surface area (Å²) in [6.07, 6.45) is 0.929. The van der Waals surface area contributed by atoms with E-state index in [2.05, 4.69) is 15.5 Å². The maximum absolute atomic E-state index is 11.7. The third-order valence-corrected chi connectivity index (χ3v) is 3.29. The van der Waals surface area contributed by atoms with Crippen molar-refractivity contribution < 1.29 is 9.21 Å². The third kappa shape index (κ3) is 2.79. The number of nitrogens with one attached hydrogen (secondary N) is 1. The van der Waals surface area contributed by atoms with Gasteiger partial charge in [0, 0.05) is 18.2 Å². The highest BCUT2D eigenvalue weighted by Gasteiger charge is 2.08. The molecule has 0 saturated heterocycles. The van der Waals surface area contributed by atoms with E-state index in [1.807, 2.05) is 30.3 Å². The first-order valence-electron chi connectivity index (χ1n) is 5.85. The Morgan fingerprint density at radius 2 is 2.26 bits per heavy atom. The fourth-order valence-electron chi connectivity index (χ4n) is 1.81. The van der Waals surface area contributed by atoms with E-state index in [0.29, 0.717) is 18.0 Å². The average Bonchev–Trinajstić information content (AvgIpc) is 3.04. The lowest BCUT2D eigenvalue weighted by atomic mass is 10.2. The van der Waals surface area contributed by atoms with Gasteiger partial charge in [-0.2, -0.15) is 0 Å². The number of amides is 1. The number of rotatable bonds is 4. The molecule has 1 aromatic carbocycles. The van der Waals surface area contributed by atoms with Crippen LogP contribution in [0.15, 0.2) is 40.3 Å². The number of carbonyl (C=O) groups excluding carboxylic acids is 1. The molecule has 0 radical (unpaired) electrons. The van der Waals surface area contributed by atoms with Crippen LogP contribution in [0.4, 0.5) is 5.13 Å². The van der Waals surface area contributed by atoms with Crippen molar-refractivity contribution in [3.8, 4) is 0 Å². The number of furan rings is 1. The van der Waals surface area contributed by atoms with Crippen molar-refractivity contribution in [2.45, 2.75) is 12.8 Å². The lowest BCUT2D eigenvalue weighted by Gasteiger charge is -1.98. The number of benzene rings is 1. The highest BCUT2D eigenvalue weighted by atomic mass is 32.1. The summed E-state index contributed by atoms with van der Waals surface area (Å²) in [6, 6.07) is 9.76. The van der Waals surface area contributed by atoms with Crippen LogP contribution in [0.2, 0.25) is 0 Å². The zero-order chi connectivity index (χ0) is 13.1. The third-order valence-electron chi connectivity index (χ3n) is 2.68. The molecule has 0 aliphatic carbocycles. The molecule has 2 heterocycles. The summed E-state index contributed by atoms with van der Waals surface area (Å²) in [5.41, 5.74) is 2.43. The summed E-state index contributed by atoms with van der Waals surface area (Å²) >= 11 is 1.30. The molecule has 0 saturated carbocycles. The molecular formula is C13H11N3O2S. The fraction of sp³-hybridized carbons (Fsp3) is 0.154. The van der Waals surface area contributed by atoms with Crippen molar-refractivity contribution in [1.82, 2.24) is 10.2 Å². The van der Waals surface area contributed by atoms with Gasteiger partial charge >= 0.3 is 0 Å². The van der Waals surface area contributed by atoms with Gasteiger partial charge in [0.1, 0.15) is 16.9 Å². The van der Waals surface area contributed by atoms with Crippen LogP contribution in [0.5, 0.6) is 0 Å². The largest absolute Gasteiger partial charge is 0.461 e. The highest BCUT2D eigenvalue weighted by Crippen LogP contribution is 2.20. The van der Waals surface area contributed by atoms with Gasteiger partial charge in [-0.15, -0.1) is 10.2 Å². The molecule has 1 N–H and O–H groups in total. The molecule has 3 aromatic rings. The van der Waals surface area contributed by atoms with Crippen LogP contribution in [-0.2, 0) is 11.2 Å². The normalized spacial score (nSPS) is 10.7. The van der Waals surface area contributed by atoms with Gasteiger partial charge in [-0.3, -0.25) is 4.79 Å². The molecule has 0 spiro atoms. The Morgan fingerprint density at radius 3 is 3.05 bits per heavy atom. The molecule has 0 unspecified atom stereocenters. The summed E-state index contributed by atoms with van der Waals surface area (Å²) in [5.74, 6) is 0.728. The van der Waals surface area contributed by atoms with Crippen molar-refractivity contribution in [3.63, 3.8) is 0 Å². The summed E-state index contributed by atoms with van der Waals surface area (Å²) in [4.78, 5) is 11.7. The van der Waals surface area contributed by atoms with Crippen LogP contribution in [0.1, 0.15) is 12.2 Å². The van der Waals surface area contributed by atoms with Crippen LogP contribution in [0.3, 0.4) is 0 Å². The van der Waals surface area contributed by atoms with Crippen molar-refractivity contribution in [3.05, 3.63) is 41.6 Å². The number of nitrogens with zero attached hydrogens (tertiary/aromatic N) is 2. The minimum atomic E-state index is -0.0859. The number of aromatic nitrogens is 2. The van der Waals surface area contributed by atoms with E-state index >= 15 is 0 Å². The molecule has 0 atom stereocenters. The maximum Gasteiger partial charge on any atom is 0.226 e. The monoisotopic (exact) mass is 273 g/mol. The number of anilines is 1. The lowest BCUT2D eigenvalue weighted by Crippen LogP contribution is -2.11. The zero-order valence-electron chi connectivity index (χ0n) is 10.00. The first-order chi connectivity index (χ1) is 9.31. The molecule has 0 aliphatic rings. The Hall–Kier alpha value is -2.21. The second kappa shape index (κ2) is 5.19. The Balaban J connectivity index is 1.61. The van der Waals surface area contributed by atoms with Crippen molar-refractivity contribution in [2.24, 2.45) is 0 Å². The Kier molecular flexibility index (Phi) is 3.24. The highest BCUT2D eigenvalue weighted by molar-refractivity contribution is 7.13. The van der Waals surface area contributed by atoms with Crippen LogP contribution in [-0.4, -0.2) is 16.1 Å². The molecule has 0 fully saturated rings. The number of para-hydroxylation sites is 1. The predicted molar refractivity (Wildman–Crippen MR) is 73.1 cm³/mol. The van der Waals surface area contributed by atoms with Gasteiger partial charge in [0.15, 0.2) is 0 Å². The van der Waals surface area contributed by atoms with E-state index in [4.69, 9.17) is 4.42 Å². The molecule has 2 aromatic heterocycles. The van der Waals surface area contributed by atoms with E-state index in [9.17, 15) is 4.79 Å². The van der Waals surface area contributed by atoms with Gasteiger partial charge < -0.3 is 9.73 Å². The Morgan fingerprint density at radius 1 is 1.37 bits per heavy atom. The topological polar surface area (TPSA) is 68.0 Å². The minimum absolute atomic E-state index is 0.0859. The zero-order valence-corrected chi connectivity index (χ0v) is 10.8. The molecule has 0 aliphatic heterocycles. The SMILES string of the molecule is O=C(CCc1cc2ccccc2o1)Nc1nncs1. The van der Waals surface area contributed by atoms with Crippen molar-refractivity contribution >= 4 is 33.3 Å². The molecule has 0 bridgehead atoms. The van der Waals surface area contributed by atoms with Crippen molar-refractivity contribution in [1.29, 1.82) is 0 Å². The van der Waals surface area contributed by atoms with Gasteiger partial charge in [-0.25, -0.2) is 0 Å². The van der Waals surface area contributed by atoms with Crippen molar-refractivity contribution in [2.75, 3.05) is 5.32 Å². The summed E-state index contributed by atoms with van der Waals surface area (Å²) < 4.78 is 5.65. The van der Waals surface area contributed by atoms with E-state index in [0.717, 1.165) is 16.7 Å². The molecule has 1 amide bonds. The summed E-state index contributed by atoms with van der Waals surface area (Å²) in [6.45, 7) is 0. The summed E-state index contributed by atoms with van der Waals surface area (Å²) in [7, 11) is 0. The number of carbonyl (C=O) groups is 1. The van der Waals surface area contributed by atoms with Gasteiger partial charge in [-0.1, -0.05) is 29.5 Å². The number of fused-ring (bicyclic) bond motifs is 1.